The molecule has 1 atom stereocenters. The minimum Gasteiger partial charge on any atom is -0.354 e. The van der Waals surface area contributed by atoms with E-state index in [0.717, 1.165) is 37.9 Å². The maximum Gasteiger partial charge on any atom is 0.270 e. The molecule has 1 aromatic heterocycles. The van der Waals surface area contributed by atoms with Crippen LogP contribution in [0.4, 0.5) is 0 Å². The molecule has 0 radical (unpaired) electrons. The third kappa shape index (κ3) is 2.32. The van der Waals surface area contributed by atoms with E-state index in [2.05, 4.69) is 5.32 Å². The van der Waals surface area contributed by atoms with Crippen LogP contribution in [-0.2, 0) is 11.3 Å². The van der Waals surface area contributed by atoms with Crippen LogP contribution in [0.5, 0.6) is 0 Å². The zero-order valence-corrected chi connectivity index (χ0v) is 11.8. The Bertz CT molecular complexity index is 517. The van der Waals surface area contributed by atoms with E-state index in [4.69, 9.17) is 0 Å². The molecule has 1 N–H and O–H groups in total. The topological polar surface area (TPSA) is 54.3 Å². The second-order valence-electron chi connectivity index (χ2n) is 5.84. The first-order valence-electron chi connectivity index (χ1n) is 7.37. The van der Waals surface area contributed by atoms with Gasteiger partial charge in [-0.1, -0.05) is 12.8 Å². The Morgan fingerprint density at radius 1 is 1.40 bits per heavy atom. The molecule has 108 valence electrons. The van der Waals surface area contributed by atoms with Crippen molar-refractivity contribution < 1.29 is 9.59 Å². The van der Waals surface area contributed by atoms with Crippen LogP contribution in [0.25, 0.3) is 0 Å². The molecule has 0 saturated heterocycles. The number of carbonyl (C=O) groups is 2. The van der Waals surface area contributed by atoms with Gasteiger partial charge in [-0.25, -0.2) is 0 Å². The van der Waals surface area contributed by atoms with Crippen molar-refractivity contribution in [2.45, 2.75) is 38.3 Å². The Morgan fingerprint density at radius 3 is 2.90 bits per heavy atom. The maximum absolute atomic E-state index is 12.2. The minimum atomic E-state index is 0.0290. The lowest BCUT2D eigenvalue weighted by atomic mass is 10.1. The summed E-state index contributed by atoms with van der Waals surface area (Å²) in [5.41, 5.74) is 0.728. The predicted molar refractivity (Wildman–Crippen MR) is 75.3 cm³/mol. The highest BCUT2D eigenvalue weighted by Crippen LogP contribution is 2.24. The summed E-state index contributed by atoms with van der Waals surface area (Å²) in [6.45, 7) is 1.28. The van der Waals surface area contributed by atoms with Gasteiger partial charge in [0, 0.05) is 32.3 Å². The van der Waals surface area contributed by atoms with E-state index in [0.29, 0.717) is 6.54 Å². The van der Waals surface area contributed by atoms with Gasteiger partial charge in [0.15, 0.2) is 0 Å². The van der Waals surface area contributed by atoms with Gasteiger partial charge < -0.3 is 14.8 Å². The first kappa shape index (κ1) is 13.2. The molecule has 1 aliphatic heterocycles. The van der Waals surface area contributed by atoms with Crippen molar-refractivity contribution in [3.63, 3.8) is 0 Å². The van der Waals surface area contributed by atoms with Gasteiger partial charge in [0.05, 0.1) is 6.04 Å². The van der Waals surface area contributed by atoms with Crippen molar-refractivity contribution >= 4 is 11.8 Å². The monoisotopic (exact) mass is 275 g/mol. The van der Waals surface area contributed by atoms with Crippen LogP contribution in [-0.4, -0.2) is 40.9 Å². The molecule has 1 saturated carbocycles. The molecular weight excluding hydrogens is 254 g/mol. The molecular formula is C15H21N3O2. The Balaban J connectivity index is 1.61. The maximum atomic E-state index is 12.2. The summed E-state index contributed by atoms with van der Waals surface area (Å²) in [4.78, 5) is 26.0. The smallest absolute Gasteiger partial charge is 0.270 e. The number of fused-ring (bicyclic) bond motifs is 1. The van der Waals surface area contributed by atoms with Gasteiger partial charge in [-0.3, -0.25) is 9.59 Å². The molecule has 5 nitrogen and oxygen atoms in total. The lowest BCUT2D eigenvalue weighted by Crippen LogP contribution is -2.51. The van der Waals surface area contributed by atoms with Crippen molar-refractivity contribution in [3.05, 3.63) is 24.0 Å². The fourth-order valence-electron chi connectivity index (χ4n) is 3.22. The first-order chi connectivity index (χ1) is 9.66. The quantitative estimate of drug-likeness (QED) is 0.902. The number of carbonyl (C=O) groups excluding carboxylic acids is 2. The number of hydrogen-bond donors (Lipinski definition) is 1. The Morgan fingerprint density at radius 2 is 2.15 bits per heavy atom. The second kappa shape index (κ2) is 5.31. The fraction of sp³-hybridized carbons (Fsp3) is 0.600. The highest BCUT2D eigenvalue weighted by Gasteiger charge is 2.30. The third-order valence-electron chi connectivity index (χ3n) is 4.56. The number of likely N-dealkylation sites (N-methyl/N-ethyl adjacent to an activating group) is 1. The van der Waals surface area contributed by atoms with E-state index in [-0.39, 0.29) is 23.8 Å². The molecule has 5 heteroatoms. The molecule has 20 heavy (non-hydrogen) atoms. The number of hydrogen-bond acceptors (Lipinski definition) is 2. The van der Waals surface area contributed by atoms with Crippen LogP contribution >= 0.6 is 0 Å². The van der Waals surface area contributed by atoms with Gasteiger partial charge in [-0.2, -0.15) is 0 Å². The van der Waals surface area contributed by atoms with E-state index < -0.39 is 0 Å². The van der Waals surface area contributed by atoms with Crippen LogP contribution in [0.2, 0.25) is 0 Å². The van der Waals surface area contributed by atoms with Gasteiger partial charge in [0.1, 0.15) is 5.69 Å². The van der Waals surface area contributed by atoms with Crippen molar-refractivity contribution in [2.75, 3.05) is 13.6 Å². The molecule has 0 bridgehead atoms. The van der Waals surface area contributed by atoms with Gasteiger partial charge in [-0.15, -0.1) is 0 Å². The van der Waals surface area contributed by atoms with Gasteiger partial charge >= 0.3 is 0 Å². The molecule has 1 aromatic rings. The van der Waals surface area contributed by atoms with Crippen LogP contribution in [0.15, 0.2) is 18.3 Å². The van der Waals surface area contributed by atoms with Crippen molar-refractivity contribution in [1.29, 1.82) is 0 Å². The molecule has 2 aliphatic rings. The van der Waals surface area contributed by atoms with Crippen LogP contribution in [0.3, 0.4) is 0 Å². The van der Waals surface area contributed by atoms with Gasteiger partial charge in [-0.05, 0) is 25.0 Å². The van der Waals surface area contributed by atoms with E-state index >= 15 is 0 Å². The largest absolute Gasteiger partial charge is 0.354 e. The zero-order valence-electron chi connectivity index (χ0n) is 11.8. The summed E-state index contributed by atoms with van der Waals surface area (Å²) in [6, 6.07) is 3.76. The zero-order chi connectivity index (χ0) is 14.1. The molecule has 1 unspecified atom stereocenters. The van der Waals surface area contributed by atoms with Crippen LogP contribution in [0, 0.1) is 5.92 Å². The molecule has 1 aliphatic carbocycles. The highest BCUT2D eigenvalue weighted by molar-refractivity contribution is 5.93. The Kier molecular flexibility index (Phi) is 3.51. The standard InChI is InChI=1S/C15H21N3O2/c1-17-12(9-16-14(19)11-5-2-3-6-11)10-18-8-4-7-13(18)15(17)20/h4,7-8,11-12H,2-3,5-6,9-10H2,1H3,(H,16,19). The SMILES string of the molecule is CN1C(=O)c2cccn2CC1CNC(=O)C1CCCC1. The molecule has 0 aromatic carbocycles. The summed E-state index contributed by atoms with van der Waals surface area (Å²) >= 11 is 0. The second-order valence-corrected chi connectivity index (χ2v) is 5.84. The Labute approximate surface area is 118 Å². The Hall–Kier alpha value is -1.78. The molecule has 0 spiro atoms. The van der Waals surface area contributed by atoms with Crippen LogP contribution < -0.4 is 5.32 Å². The highest BCUT2D eigenvalue weighted by atomic mass is 16.2. The summed E-state index contributed by atoms with van der Waals surface area (Å²) in [6.07, 6.45) is 6.26. The van der Waals surface area contributed by atoms with Crippen molar-refractivity contribution in [3.8, 4) is 0 Å². The number of nitrogens with one attached hydrogen (secondary N) is 1. The van der Waals surface area contributed by atoms with E-state index in [1.54, 1.807) is 4.90 Å². The van der Waals surface area contributed by atoms with Crippen molar-refractivity contribution in [2.24, 2.45) is 5.92 Å². The summed E-state index contributed by atoms with van der Waals surface area (Å²) in [7, 11) is 1.81. The summed E-state index contributed by atoms with van der Waals surface area (Å²) in [5.74, 6) is 0.366. The fourth-order valence-corrected chi connectivity index (χ4v) is 3.22. The number of rotatable bonds is 3. The molecule has 3 rings (SSSR count). The predicted octanol–water partition coefficient (Wildman–Crippen LogP) is 1.25. The minimum absolute atomic E-state index is 0.0290. The van der Waals surface area contributed by atoms with Crippen molar-refractivity contribution in [1.82, 2.24) is 14.8 Å². The summed E-state index contributed by atoms with van der Waals surface area (Å²) in [5, 5.41) is 3.02. The van der Waals surface area contributed by atoms with E-state index in [9.17, 15) is 9.59 Å². The first-order valence-corrected chi connectivity index (χ1v) is 7.37. The number of nitrogens with zero attached hydrogens (tertiary/aromatic N) is 2. The van der Waals surface area contributed by atoms with E-state index in [1.165, 1.54) is 0 Å². The van der Waals surface area contributed by atoms with E-state index in [1.807, 2.05) is 29.9 Å². The number of amides is 2. The van der Waals surface area contributed by atoms with Gasteiger partial charge in [0.2, 0.25) is 5.91 Å². The lowest BCUT2D eigenvalue weighted by molar-refractivity contribution is -0.125. The summed E-state index contributed by atoms with van der Waals surface area (Å²) < 4.78 is 1.97. The average Bonchev–Trinajstić information content (AvgIpc) is 3.11. The molecule has 2 amide bonds. The average molecular weight is 275 g/mol. The normalized spacial score (nSPS) is 22.9. The van der Waals surface area contributed by atoms with Gasteiger partial charge in [0.25, 0.3) is 5.91 Å². The lowest BCUT2D eigenvalue weighted by Gasteiger charge is -2.34. The molecule has 2 heterocycles. The molecule has 1 fully saturated rings. The third-order valence-corrected chi connectivity index (χ3v) is 4.56. The van der Waals surface area contributed by atoms with Crippen LogP contribution in [0.1, 0.15) is 36.2 Å². The number of aromatic nitrogens is 1.